The van der Waals surface area contributed by atoms with Gasteiger partial charge in [-0.2, -0.15) is 0 Å². The molecule has 2 aromatic rings. The van der Waals surface area contributed by atoms with Crippen molar-refractivity contribution in [2.45, 2.75) is 56.9 Å². The summed E-state index contributed by atoms with van der Waals surface area (Å²) in [4.78, 5) is 2.54. The van der Waals surface area contributed by atoms with Crippen molar-refractivity contribution in [2.24, 2.45) is 17.8 Å². The van der Waals surface area contributed by atoms with Crippen LogP contribution in [0.5, 0.6) is 0 Å². The maximum absolute atomic E-state index is 6.58. The third-order valence-electron chi connectivity index (χ3n) is 6.50. The van der Waals surface area contributed by atoms with E-state index in [1.54, 1.807) is 22.7 Å². The summed E-state index contributed by atoms with van der Waals surface area (Å²) in [5, 5.41) is 3.95. The molecule has 3 unspecified atom stereocenters. The van der Waals surface area contributed by atoms with E-state index >= 15 is 0 Å². The van der Waals surface area contributed by atoms with Gasteiger partial charge in [0.15, 0.2) is 0 Å². The van der Waals surface area contributed by atoms with Gasteiger partial charge in [-0.15, -0.1) is 22.7 Å². The lowest BCUT2D eigenvalue weighted by molar-refractivity contribution is -0.157. The molecule has 2 aromatic heterocycles. The molecule has 1 N–H and O–H groups in total. The molecule has 2 nitrogen and oxygen atoms in total. The van der Waals surface area contributed by atoms with E-state index in [9.17, 15) is 0 Å². The third-order valence-corrected chi connectivity index (χ3v) is 8.93. The molecule has 0 saturated heterocycles. The molecule has 0 spiro atoms. The molecule has 0 aliphatic heterocycles. The SMILES string of the molecule is Clc1ccc(CNC23CC4CC(CC(C4)C2OCc2ccc(Cl)s2)C3)s1. The Morgan fingerprint density at radius 3 is 2.23 bits per heavy atom. The van der Waals surface area contributed by atoms with Crippen molar-refractivity contribution in [1.82, 2.24) is 5.32 Å². The van der Waals surface area contributed by atoms with Crippen LogP contribution in [0.2, 0.25) is 8.67 Å². The van der Waals surface area contributed by atoms with Crippen molar-refractivity contribution in [1.29, 1.82) is 0 Å². The smallest absolute Gasteiger partial charge is 0.0932 e. The molecule has 4 fully saturated rings. The summed E-state index contributed by atoms with van der Waals surface area (Å²) in [7, 11) is 0. The highest BCUT2D eigenvalue weighted by Crippen LogP contribution is 2.57. The standard InChI is InChI=1S/C20H23Cl2NOS2/c21-17-3-1-15(25-17)10-23-20-8-12-5-13(9-20)7-14(6-12)19(20)24-11-16-2-4-18(22)26-16/h1-4,12-14,19,23H,5-11H2. The van der Waals surface area contributed by atoms with Gasteiger partial charge in [-0.05, 0) is 74.1 Å². The number of nitrogens with one attached hydrogen (secondary N) is 1. The number of thiophene rings is 2. The molecule has 6 heteroatoms. The molecular formula is C20H23Cl2NOS2. The van der Waals surface area contributed by atoms with E-state index in [1.807, 2.05) is 12.1 Å². The van der Waals surface area contributed by atoms with Crippen LogP contribution in [0.3, 0.4) is 0 Å². The molecular weight excluding hydrogens is 405 g/mol. The van der Waals surface area contributed by atoms with Gasteiger partial charge in [0.05, 0.1) is 21.4 Å². The highest BCUT2D eigenvalue weighted by molar-refractivity contribution is 7.16. The topological polar surface area (TPSA) is 21.3 Å². The Hall–Kier alpha value is -0.100. The zero-order chi connectivity index (χ0) is 17.7. The predicted molar refractivity (Wildman–Crippen MR) is 110 cm³/mol. The minimum atomic E-state index is 0.131. The molecule has 0 radical (unpaired) electrons. The largest absolute Gasteiger partial charge is 0.370 e. The molecule has 4 saturated carbocycles. The quantitative estimate of drug-likeness (QED) is 0.577. The zero-order valence-electron chi connectivity index (χ0n) is 14.5. The second kappa shape index (κ2) is 7.06. The van der Waals surface area contributed by atoms with Gasteiger partial charge in [0.2, 0.25) is 0 Å². The Bertz CT molecular complexity index is 774. The van der Waals surface area contributed by atoms with E-state index < -0.39 is 0 Å². The molecule has 6 rings (SSSR count). The first-order valence-electron chi connectivity index (χ1n) is 9.45. The predicted octanol–water partition coefficient (Wildman–Crippen LogP) is 6.37. The first-order valence-corrected chi connectivity index (χ1v) is 11.8. The number of hydrogen-bond acceptors (Lipinski definition) is 4. The Morgan fingerprint density at radius 1 is 0.962 bits per heavy atom. The fraction of sp³-hybridized carbons (Fsp3) is 0.600. The Balaban J connectivity index is 1.34. The summed E-state index contributed by atoms with van der Waals surface area (Å²) < 4.78 is 8.30. The van der Waals surface area contributed by atoms with Crippen LogP contribution in [0.1, 0.15) is 41.9 Å². The Morgan fingerprint density at radius 2 is 1.62 bits per heavy atom. The van der Waals surface area contributed by atoms with E-state index in [1.165, 1.54) is 41.9 Å². The van der Waals surface area contributed by atoms with Crippen LogP contribution < -0.4 is 5.32 Å². The average Bonchev–Trinajstić information content (AvgIpc) is 3.20. The lowest BCUT2D eigenvalue weighted by atomic mass is 9.51. The Labute approximate surface area is 172 Å². The highest BCUT2D eigenvalue weighted by atomic mass is 35.5. The second-order valence-corrected chi connectivity index (χ2v) is 11.9. The lowest BCUT2D eigenvalue weighted by Gasteiger charge is -2.61. The van der Waals surface area contributed by atoms with Crippen molar-refractivity contribution in [3.63, 3.8) is 0 Å². The van der Waals surface area contributed by atoms with Crippen LogP contribution in [0.15, 0.2) is 24.3 Å². The molecule has 0 amide bonds. The molecule has 2 heterocycles. The maximum Gasteiger partial charge on any atom is 0.0932 e. The summed E-state index contributed by atoms with van der Waals surface area (Å²) in [6.07, 6.45) is 6.95. The van der Waals surface area contributed by atoms with Crippen LogP contribution in [0.4, 0.5) is 0 Å². The van der Waals surface area contributed by atoms with E-state index in [0.717, 1.165) is 27.1 Å². The normalized spacial score (nSPS) is 35.3. The van der Waals surface area contributed by atoms with Gasteiger partial charge in [-0.1, -0.05) is 23.2 Å². The van der Waals surface area contributed by atoms with Gasteiger partial charge in [0.1, 0.15) is 0 Å². The summed E-state index contributed by atoms with van der Waals surface area (Å²) in [6.45, 7) is 1.58. The minimum Gasteiger partial charge on any atom is -0.370 e. The molecule has 4 aliphatic carbocycles. The van der Waals surface area contributed by atoms with Crippen LogP contribution in [-0.4, -0.2) is 11.6 Å². The first kappa shape index (κ1) is 18.0. The minimum absolute atomic E-state index is 0.131. The van der Waals surface area contributed by atoms with Gasteiger partial charge >= 0.3 is 0 Å². The van der Waals surface area contributed by atoms with E-state index in [4.69, 9.17) is 27.9 Å². The summed E-state index contributed by atoms with van der Waals surface area (Å²) in [6, 6.07) is 8.20. The molecule has 0 aromatic carbocycles. The van der Waals surface area contributed by atoms with Gasteiger partial charge in [-0.3, -0.25) is 0 Å². The van der Waals surface area contributed by atoms with Crippen LogP contribution in [-0.2, 0) is 17.9 Å². The molecule has 140 valence electrons. The lowest BCUT2D eigenvalue weighted by Crippen LogP contribution is -2.67. The number of ether oxygens (including phenoxy) is 1. The monoisotopic (exact) mass is 427 g/mol. The van der Waals surface area contributed by atoms with Gasteiger partial charge in [0, 0.05) is 21.8 Å². The van der Waals surface area contributed by atoms with E-state index in [2.05, 4.69) is 17.4 Å². The zero-order valence-corrected chi connectivity index (χ0v) is 17.7. The van der Waals surface area contributed by atoms with Gasteiger partial charge in [0.25, 0.3) is 0 Å². The first-order chi connectivity index (χ1) is 12.6. The van der Waals surface area contributed by atoms with Crippen molar-refractivity contribution in [3.8, 4) is 0 Å². The van der Waals surface area contributed by atoms with Crippen LogP contribution in [0, 0.1) is 17.8 Å². The fourth-order valence-electron chi connectivity index (χ4n) is 5.85. The van der Waals surface area contributed by atoms with E-state index in [-0.39, 0.29) is 5.54 Å². The van der Waals surface area contributed by atoms with Crippen LogP contribution >= 0.6 is 45.9 Å². The summed E-state index contributed by atoms with van der Waals surface area (Å²) in [5.74, 6) is 2.46. The highest BCUT2D eigenvalue weighted by Gasteiger charge is 2.57. The van der Waals surface area contributed by atoms with Gasteiger partial charge in [-0.25, -0.2) is 0 Å². The summed E-state index contributed by atoms with van der Waals surface area (Å²) >= 11 is 15.5. The van der Waals surface area contributed by atoms with Crippen molar-refractivity contribution >= 4 is 45.9 Å². The van der Waals surface area contributed by atoms with Crippen LogP contribution in [0.25, 0.3) is 0 Å². The number of hydrogen-bond donors (Lipinski definition) is 1. The van der Waals surface area contributed by atoms with Gasteiger partial charge < -0.3 is 10.1 Å². The fourth-order valence-corrected chi connectivity index (χ4v) is 7.88. The third kappa shape index (κ3) is 3.38. The molecule has 26 heavy (non-hydrogen) atoms. The Kier molecular flexibility index (Phi) is 4.87. The van der Waals surface area contributed by atoms with E-state index in [0.29, 0.717) is 18.6 Å². The average molecular weight is 428 g/mol. The van der Waals surface area contributed by atoms with Crippen molar-refractivity contribution < 1.29 is 4.74 Å². The maximum atomic E-state index is 6.58. The summed E-state index contributed by atoms with van der Waals surface area (Å²) in [5.41, 5.74) is 0.131. The van der Waals surface area contributed by atoms with Crippen molar-refractivity contribution in [3.05, 3.63) is 42.7 Å². The van der Waals surface area contributed by atoms with Crippen molar-refractivity contribution in [2.75, 3.05) is 0 Å². The molecule has 4 aliphatic rings. The number of rotatable bonds is 6. The number of halogens is 2. The molecule has 3 atom stereocenters. The molecule has 4 bridgehead atoms. The second-order valence-electron chi connectivity index (χ2n) is 8.26.